The highest BCUT2D eigenvalue weighted by Gasteiger charge is 2.20. The molecule has 0 saturated carbocycles. The summed E-state index contributed by atoms with van der Waals surface area (Å²) in [7, 11) is 1.82. The molecule has 0 saturated heterocycles. The molecule has 0 aliphatic rings. The molecule has 1 aromatic rings. The number of aliphatic carboxylic acids is 1. The summed E-state index contributed by atoms with van der Waals surface area (Å²) in [6.45, 7) is 2.07. The van der Waals surface area contributed by atoms with E-state index in [0.29, 0.717) is 5.56 Å². The minimum atomic E-state index is -0.991. The van der Waals surface area contributed by atoms with Gasteiger partial charge in [-0.1, -0.05) is 6.92 Å². The summed E-state index contributed by atoms with van der Waals surface area (Å²) >= 11 is 3.09. The average molecular weight is 313 g/mol. The fourth-order valence-corrected chi connectivity index (χ4v) is 3.39. The summed E-state index contributed by atoms with van der Waals surface area (Å²) in [6.07, 6.45) is 5.52. The van der Waals surface area contributed by atoms with Crippen LogP contribution in [0, 0.1) is 0 Å². The second-order valence-electron chi connectivity index (χ2n) is 4.34. The van der Waals surface area contributed by atoms with Crippen molar-refractivity contribution in [2.24, 2.45) is 0 Å². The van der Waals surface area contributed by atoms with Gasteiger partial charge in [-0.25, -0.2) is 4.79 Å². The molecule has 0 bridgehead atoms. The van der Waals surface area contributed by atoms with Crippen molar-refractivity contribution >= 4 is 41.1 Å². The molecule has 4 nitrogen and oxygen atoms in total. The third-order valence-corrected chi connectivity index (χ3v) is 4.57. The third kappa shape index (κ3) is 4.68. The first kappa shape index (κ1) is 16.8. The molecule has 0 aliphatic heterocycles. The van der Waals surface area contributed by atoms with Crippen LogP contribution in [-0.4, -0.2) is 47.0 Å². The molecule has 1 unspecified atom stereocenters. The third-order valence-electron chi connectivity index (χ3n) is 2.96. The van der Waals surface area contributed by atoms with Gasteiger partial charge in [0.2, 0.25) is 0 Å². The summed E-state index contributed by atoms with van der Waals surface area (Å²) in [6, 6.07) is 1.95. The van der Waals surface area contributed by atoms with E-state index < -0.39 is 5.97 Å². The maximum absolute atomic E-state index is 12.4. The maximum Gasteiger partial charge on any atom is 0.328 e. The van der Waals surface area contributed by atoms with Gasteiger partial charge >= 0.3 is 5.97 Å². The number of carbonyl (C=O) groups is 2. The average Bonchev–Trinajstić information content (AvgIpc) is 2.89. The number of carboxylic acid groups (broad SMARTS) is 1. The zero-order chi connectivity index (χ0) is 15.1. The van der Waals surface area contributed by atoms with Crippen molar-refractivity contribution < 1.29 is 14.7 Å². The van der Waals surface area contributed by atoms with Crippen LogP contribution in [0.15, 0.2) is 17.5 Å². The van der Waals surface area contributed by atoms with Gasteiger partial charge in [0.25, 0.3) is 5.91 Å². The Kier molecular flexibility index (Phi) is 6.81. The van der Waals surface area contributed by atoms with Crippen molar-refractivity contribution in [3.05, 3.63) is 28.0 Å². The highest BCUT2D eigenvalue weighted by atomic mass is 32.2. The lowest BCUT2D eigenvalue weighted by Gasteiger charge is -2.26. The summed E-state index contributed by atoms with van der Waals surface area (Å²) in [5.74, 6) is -0.0965. The molecule has 1 atom stereocenters. The second-order valence-corrected chi connectivity index (χ2v) is 6.20. The fraction of sp³-hybridized carbons (Fsp3) is 0.429. The molecule has 1 amide bonds. The zero-order valence-corrected chi connectivity index (χ0v) is 13.5. The van der Waals surface area contributed by atoms with E-state index in [0.717, 1.165) is 23.1 Å². The SMILES string of the molecule is CCC(CSC)N(C)C(=O)c1csc(/C=C/C(=O)O)c1. The molecule has 0 fully saturated rings. The van der Waals surface area contributed by atoms with Crippen molar-refractivity contribution in [1.29, 1.82) is 0 Å². The van der Waals surface area contributed by atoms with E-state index >= 15 is 0 Å². The van der Waals surface area contributed by atoms with Crippen LogP contribution < -0.4 is 0 Å². The highest BCUT2D eigenvalue weighted by molar-refractivity contribution is 7.98. The predicted octanol–water partition coefficient (Wildman–Crippen LogP) is 3.06. The van der Waals surface area contributed by atoms with E-state index in [1.54, 1.807) is 28.1 Å². The zero-order valence-electron chi connectivity index (χ0n) is 11.8. The first-order valence-electron chi connectivity index (χ1n) is 6.25. The van der Waals surface area contributed by atoms with Gasteiger partial charge in [0.15, 0.2) is 0 Å². The highest BCUT2D eigenvalue weighted by Crippen LogP contribution is 2.19. The molecule has 6 heteroatoms. The lowest BCUT2D eigenvalue weighted by molar-refractivity contribution is -0.131. The van der Waals surface area contributed by atoms with E-state index in [4.69, 9.17) is 5.11 Å². The second kappa shape index (κ2) is 8.11. The number of amides is 1. The maximum atomic E-state index is 12.4. The number of hydrogen-bond acceptors (Lipinski definition) is 4. The number of carbonyl (C=O) groups excluding carboxylic acids is 1. The Labute approximate surface area is 127 Å². The van der Waals surface area contributed by atoms with Crippen molar-refractivity contribution in [2.45, 2.75) is 19.4 Å². The molecule has 0 aliphatic carbocycles. The molecule has 0 spiro atoms. The Balaban J connectivity index is 2.79. The van der Waals surface area contributed by atoms with Crippen molar-refractivity contribution in [1.82, 2.24) is 4.90 Å². The fourth-order valence-electron chi connectivity index (χ4n) is 1.77. The Morgan fingerprint density at radius 1 is 1.55 bits per heavy atom. The molecular weight excluding hydrogens is 294 g/mol. The first-order chi connectivity index (χ1) is 9.49. The van der Waals surface area contributed by atoms with Crippen LogP contribution in [0.2, 0.25) is 0 Å². The molecule has 110 valence electrons. The lowest BCUT2D eigenvalue weighted by Crippen LogP contribution is -2.38. The standard InChI is InChI=1S/C14H19NO3S2/c1-4-11(9-19-3)15(2)14(18)10-7-12(20-8-10)5-6-13(16)17/h5-8,11H,4,9H2,1-3H3,(H,16,17)/b6-5+. The number of thiophene rings is 1. The smallest absolute Gasteiger partial charge is 0.328 e. The van der Waals surface area contributed by atoms with Crippen LogP contribution in [0.1, 0.15) is 28.6 Å². The quantitative estimate of drug-likeness (QED) is 0.786. The number of carboxylic acids is 1. The van der Waals surface area contributed by atoms with Gasteiger partial charge in [0.1, 0.15) is 0 Å². The van der Waals surface area contributed by atoms with Crippen molar-refractivity contribution in [3.63, 3.8) is 0 Å². The topological polar surface area (TPSA) is 57.6 Å². The molecular formula is C14H19NO3S2. The predicted molar refractivity (Wildman–Crippen MR) is 85.5 cm³/mol. The summed E-state index contributed by atoms with van der Waals surface area (Å²) in [4.78, 5) is 25.3. The van der Waals surface area contributed by atoms with E-state index in [1.807, 2.05) is 13.3 Å². The Morgan fingerprint density at radius 3 is 2.80 bits per heavy atom. The Bertz CT molecular complexity index is 496. The number of thioether (sulfide) groups is 1. The van der Waals surface area contributed by atoms with Crippen molar-refractivity contribution in [2.75, 3.05) is 19.1 Å². The van der Waals surface area contributed by atoms with Crippen molar-refractivity contribution in [3.8, 4) is 0 Å². The Morgan fingerprint density at radius 2 is 2.25 bits per heavy atom. The van der Waals surface area contributed by atoms with Gasteiger partial charge in [-0.05, 0) is 24.8 Å². The van der Waals surface area contributed by atoms with E-state index in [2.05, 4.69) is 6.92 Å². The van der Waals surface area contributed by atoms with Gasteiger partial charge in [0.05, 0.1) is 5.56 Å². The monoisotopic (exact) mass is 313 g/mol. The van der Waals surface area contributed by atoms with Gasteiger partial charge in [-0.3, -0.25) is 4.79 Å². The summed E-state index contributed by atoms with van der Waals surface area (Å²) in [5, 5.41) is 10.4. The normalized spacial score (nSPS) is 12.6. The number of nitrogens with zero attached hydrogens (tertiary/aromatic N) is 1. The van der Waals surface area contributed by atoms with Crippen LogP contribution in [-0.2, 0) is 4.79 Å². The van der Waals surface area contributed by atoms with Crippen LogP contribution in [0.4, 0.5) is 0 Å². The molecule has 1 N–H and O–H groups in total. The largest absolute Gasteiger partial charge is 0.478 e. The van der Waals surface area contributed by atoms with E-state index in [-0.39, 0.29) is 11.9 Å². The number of hydrogen-bond donors (Lipinski definition) is 1. The van der Waals surface area contributed by atoms with Gasteiger partial charge in [0, 0.05) is 35.2 Å². The van der Waals surface area contributed by atoms with Gasteiger partial charge < -0.3 is 10.0 Å². The Hall–Kier alpha value is -1.27. The summed E-state index contributed by atoms with van der Waals surface area (Å²) in [5.41, 5.74) is 0.613. The van der Waals surface area contributed by atoms with Crippen LogP contribution >= 0.6 is 23.1 Å². The minimum absolute atomic E-state index is 0.0166. The molecule has 20 heavy (non-hydrogen) atoms. The molecule has 0 radical (unpaired) electrons. The molecule has 1 aromatic heterocycles. The molecule has 1 heterocycles. The molecule has 1 rings (SSSR count). The molecule has 0 aromatic carbocycles. The van der Waals surface area contributed by atoms with Crippen LogP contribution in [0.5, 0.6) is 0 Å². The van der Waals surface area contributed by atoms with Gasteiger partial charge in [-0.2, -0.15) is 11.8 Å². The van der Waals surface area contributed by atoms with Crippen LogP contribution in [0.25, 0.3) is 6.08 Å². The van der Waals surface area contributed by atoms with Crippen LogP contribution in [0.3, 0.4) is 0 Å². The lowest BCUT2D eigenvalue weighted by atomic mass is 10.2. The van der Waals surface area contributed by atoms with E-state index in [1.165, 1.54) is 17.4 Å². The number of rotatable bonds is 7. The van der Waals surface area contributed by atoms with E-state index in [9.17, 15) is 9.59 Å². The summed E-state index contributed by atoms with van der Waals surface area (Å²) < 4.78 is 0. The first-order valence-corrected chi connectivity index (χ1v) is 8.52. The minimum Gasteiger partial charge on any atom is -0.478 e. The van der Waals surface area contributed by atoms with Gasteiger partial charge in [-0.15, -0.1) is 11.3 Å².